The molecule has 5 rings (SSSR count). The van der Waals surface area contributed by atoms with Crippen molar-refractivity contribution in [3.05, 3.63) is 83.4 Å². The van der Waals surface area contributed by atoms with Gasteiger partial charge in [-0.05, 0) is 25.1 Å². The van der Waals surface area contributed by atoms with Gasteiger partial charge in [0.25, 0.3) is 5.88 Å². The van der Waals surface area contributed by atoms with E-state index in [0.29, 0.717) is 11.3 Å². The SMILES string of the molecule is COc1cc2nccc(Oc3c(F)cccc3C3(O)C(c4ccc(F)cn4)=C(C)N=CC3C(N)=O)c2nc1OC. The molecule has 12 heteroatoms. The smallest absolute Gasteiger partial charge is 0.257 e. The van der Waals surface area contributed by atoms with Gasteiger partial charge in [0.1, 0.15) is 22.9 Å². The number of halogens is 2. The molecule has 0 aliphatic carbocycles. The van der Waals surface area contributed by atoms with E-state index in [2.05, 4.69) is 19.9 Å². The summed E-state index contributed by atoms with van der Waals surface area (Å²) in [5, 5.41) is 12.4. The minimum absolute atomic E-state index is 0.0263. The molecule has 204 valence electrons. The third kappa shape index (κ3) is 4.37. The van der Waals surface area contributed by atoms with Crippen LogP contribution in [0.5, 0.6) is 23.1 Å². The van der Waals surface area contributed by atoms with Crippen LogP contribution in [-0.4, -0.2) is 46.4 Å². The van der Waals surface area contributed by atoms with Crippen LogP contribution in [0.4, 0.5) is 8.78 Å². The molecule has 3 aromatic heterocycles. The zero-order valence-electron chi connectivity index (χ0n) is 21.6. The summed E-state index contributed by atoms with van der Waals surface area (Å²) in [7, 11) is 2.86. The van der Waals surface area contributed by atoms with Gasteiger partial charge in [-0.1, -0.05) is 12.1 Å². The molecule has 2 unspecified atom stereocenters. The van der Waals surface area contributed by atoms with Crippen molar-refractivity contribution in [2.75, 3.05) is 14.2 Å². The summed E-state index contributed by atoms with van der Waals surface area (Å²) < 4.78 is 46.0. The average Bonchev–Trinajstić information content (AvgIpc) is 2.94. The van der Waals surface area contributed by atoms with Crippen molar-refractivity contribution in [3.8, 4) is 23.1 Å². The molecular formula is C28H23F2N5O5. The fourth-order valence-electron chi connectivity index (χ4n) is 4.69. The second kappa shape index (κ2) is 10.3. The largest absolute Gasteiger partial charge is 0.491 e. The van der Waals surface area contributed by atoms with Crippen LogP contribution in [0.25, 0.3) is 16.6 Å². The predicted molar refractivity (Wildman–Crippen MR) is 141 cm³/mol. The summed E-state index contributed by atoms with van der Waals surface area (Å²) in [4.78, 5) is 29.6. The lowest BCUT2D eigenvalue weighted by Crippen LogP contribution is -2.47. The molecule has 10 nitrogen and oxygen atoms in total. The van der Waals surface area contributed by atoms with E-state index in [1.54, 1.807) is 13.0 Å². The van der Waals surface area contributed by atoms with Crippen molar-refractivity contribution in [1.29, 1.82) is 0 Å². The monoisotopic (exact) mass is 547 g/mol. The van der Waals surface area contributed by atoms with Gasteiger partial charge in [0.2, 0.25) is 5.91 Å². The Morgan fingerprint density at radius 2 is 1.88 bits per heavy atom. The number of benzene rings is 1. The van der Waals surface area contributed by atoms with Crippen molar-refractivity contribution in [2.45, 2.75) is 12.5 Å². The van der Waals surface area contributed by atoms with Gasteiger partial charge in [-0.2, -0.15) is 0 Å². The first kappa shape index (κ1) is 26.6. The molecule has 40 heavy (non-hydrogen) atoms. The number of aliphatic imine (C=N–C) groups is 1. The van der Waals surface area contributed by atoms with Gasteiger partial charge >= 0.3 is 0 Å². The predicted octanol–water partition coefficient (Wildman–Crippen LogP) is 3.92. The maximum atomic E-state index is 15.6. The van der Waals surface area contributed by atoms with Crippen LogP contribution in [0.15, 0.2) is 65.5 Å². The molecule has 3 N–H and O–H groups in total. The number of para-hydroxylation sites is 1. The Morgan fingerprint density at radius 3 is 2.55 bits per heavy atom. The van der Waals surface area contributed by atoms with E-state index in [0.717, 1.165) is 18.3 Å². The van der Waals surface area contributed by atoms with Crippen LogP contribution in [0.3, 0.4) is 0 Å². The summed E-state index contributed by atoms with van der Waals surface area (Å²) in [6.45, 7) is 1.57. The second-order valence-electron chi connectivity index (χ2n) is 8.84. The lowest BCUT2D eigenvalue weighted by atomic mass is 9.72. The summed E-state index contributed by atoms with van der Waals surface area (Å²) in [6, 6.07) is 9.36. The molecule has 2 atom stereocenters. The number of fused-ring (bicyclic) bond motifs is 1. The van der Waals surface area contributed by atoms with E-state index in [1.165, 1.54) is 50.9 Å². The number of rotatable bonds is 7. The minimum Gasteiger partial charge on any atom is -0.491 e. The lowest BCUT2D eigenvalue weighted by Gasteiger charge is -2.38. The van der Waals surface area contributed by atoms with Crippen LogP contribution in [0.2, 0.25) is 0 Å². The lowest BCUT2D eigenvalue weighted by molar-refractivity contribution is -0.124. The van der Waals surface area contributed by atoms with Crippen LogP contribution in [0.1, 0.15) is 18.2 Å². The fourth-order valence-corrected chi connectivity index (χ4v) is 4.69. The Morgan fingerprint density at radius 1 is 1.07 bits per heavy atom. The summed E-state index contributed by atoms with van der Waals surface area (Å²) in [5.41, 5.74) is 4.19. The highest BCUT2D eigenvalue weighted by atomic mass is 19.1. The second-order valence-corrected chi connectivity index (χ2v) is 8.84. The maximum Gasteiger partial charge on any atom is 0.257 e. The summed E-state index contributed by atoms with van der Waals surface area (Å²) >= 11 is 0. The molecule has 4 aromatic rings. The number of carbonyl (C=O) groups excluding carboxylic acids is 1. The quantitative estimate of drug-likeness (QED) is 0.355. The maximum absolute atomic E-state index is 15.6. The van der Waals surface area contributed by atoms with Gasteiger partial charge in [0.15, 0.2) is 23.1 Å². The van der Waals surface area contributed by atoms with E-state index in [9.17, 15) is 14.3 Å². The number of ether oxygens (including phenoxy) is 3. The molecule has 0 bridgehead atoms. The van der Waals surface area contributed by atoms with E-state index >= 15 is 4.39 Å². The zero-order valence-corrected chi connectivity index (χ0v) is 21.6. The minimum atomic E-state index is -2.31. The normalized spacial score (nSPS) is 18.6. The van der Waals surface area contributed by atoms with Crippen molar-refractivity contribution in [1.82, 2.24) is 15.0 Å². The van der Waals surface area contributed by atoms with Crippen molar-refractivity contribution < 1.29 is 32.9 Å². The first-order chi connectivity index (χ1) is 19.2. The van der Waals surface area contributed by atoms with Gasteiger partial charge in [-0.3, -0.25) is 19.8 Å². The molecule has 0 spiro atoms. The molecule has 0 saturated heterocycles. The van der Waals surface area contributed by atoms with E-state index in [4.69, 9.17) is 19.9 Å². The van der Waals surface area contributed by atoms with Crippen LogP contribution < -0.4 is 19.9 Å². The number of hydrogen-bond donors (Lipinski definition) is 2. The highest BCUT2D eigenvalue weighted by Gasteiger charge is 2.50. The third-order valence-corrected chi connectivity index (χ3v) is 6.51. The number of amides is 1. The van der Waals surface area contributed by atoms with E-state index < -0.39 is 34.8 Å². The van der Waals surface area contributed by atoms with E-state index in [1.807, 2.05) is 0 Å². The standard InChI is InChI=1S/C28H23F2N5O5/c1-14-23(19-8-7-15(29)12-34-19)28(37,17(13-33-14)26(31)36)16-5-4-6-18(30)25(16)40-21-9-10-32-20-11-22(38-2)27(39-3)35-24(20)21/h4-13,17,37H,1-3H3,(H2,31,36). The summed E-state index contributed by atoms with van der Waals surface area (Å²) in [5.74, 6) is -3.75. The number of nitrogens with zero attached hydrogens (tertiary/aromatic N) is 4. The number of nitrogens with two attached hydrogens (primary N) is 1. The summed E-state index contributed by atoms with van der Waals surface area (Å²) in [6.07, 6.45) is 3.56. The number of allylic oxidation sites excluding steroid dienone is 1. The Kier molecular flexibility index (Phi) is 6.86. The Hall–Kier alpha value is -4.97. The van der Waals surface area contributed by atoms with Gasteiger partial charge < -0.3 is 25.1 Å². The number of aliphatic hydroxyl groups is 1. The number of methoxy groups -OCH3 is 2. The fraction of sp³-hybridized carbons (Fsp3) is 0.179. The molecule has 1 aliphatic rings. The van der Waals surface area contributed by atoms with Crippen LogP contribution >= 0.6 is 0 Å². The van der Waals surface area contributed by atoms with Crippen molar-refractivity contribution >= 4 is 28.7 Å². The zero-order chi connectivity index (χ0) is 28.6. The molecule has 0 radical (unpaired) electrons. The average molecular weight is 548 g/mol. The van der Waals surface area contributed by atoms with Gasteiger partial charge in [-0.15, -0.1) is 0 Å². The van der Waals surface area contributed by atoms with Gasteiger partial charge in [0, 0.05) is 41.4 Å². The highest BCUT2D eigenvalue weighted by molar-refractivity contribution is 6.00. The molecule has 1 aliphatic heterocycles. The number of primary amides is 1. The Bertz CT molecular complexity index is 1690. The number of hydrogen-bond acceptors (Lipinski definition) is 9. The first-order valence-electron chi connectivity index (χ1n) is 11.9. The number of aromatic nitrogens is 3. The molecule has 1 aromatic carbocycles. The first-order valence-corrected chi connectivity index (χ1v) is 11.9. The van der Waals surface area contributed by atoms with Crippen LogP contribution in [0, 0.1) is 17.6 Å². The number of pyridine rings is 3. The molecule has 1 amide bonds. The molecule has 0 fully saturated rings. The van der Waals surface area contributed by atoms with Crippen LogP contribution in [-0.2, 0) is 10.4 Å². The van der Waals surface area contributed by atoms with Gasteiger partial charge in [0.05, 0.1) is 31.6 Å². The Balaban J connectivity index is 1.74. The van der Waals surface area contributed by atoms with E-state index in [-0.39, 0.29) is 39.7 Å². The van der Waals surface area contributed by atoms with Crippen molar-refractivity contribution in [3.63, 3.8) is 0 Å². The number of carbonyl (C=O) groups is 1. The Labute approximate surface area is 226 Å². The third-order valence-electron chi connectivity index (χ3n) is 6.51. The molecule has 0 saturated carbocycles. The molecule has 4 heterocycles. The van der Waals surface area contributed by atoms with Crippen molar-refractivity contribution in [2.24, 2.45) is 16.6 Å². The highest BCUT2D eigenvalue weighted by Crippen LogP contribution is 2.50. The molecular weight excluding hydrogens is 524 g/mol. The van der Waals surface area contributed by atoms with Gasteiger partial charge in [-0.25, -0.2) is 13.8 Å². The topological polar surface area (TPSA) is 142 Å².